The Morgan fingerprint density at radius 3 is 2.62 bits per heavy atom. The van der Waals surface area contributed by atoms with Crippen LogP contribution in [0.5, 0.6) is 0 Å². The van der Waals surface area contributed by atoms with Crippen LogP contribution in [-0.2, 0) is 16.3 Å². The summed E-state index contributed by atoms with van der Waals surface area (Å²) in [5, 5.41) is 14.9. The van der Waals surface area contributed by atoms with Crippen molar-refractivity contribution in [2.75, 3.05) is 18.5 Å². The van der Waals surface area contributed by atoms with Crippen LogP contribution in [0.4, 0.5) is 24.5 Å². The van der Waals surface area contributed by atoms with Crippen LogP contribution in [0.1, 0.15) is 21.5 Å². The summed E-state index contributed by atoms with van der Waals surface area (Å²) in [4.78, 5) is 26.3. The molecule has 0 aliphatic heterocycles. The highest BCUT2D eigenvalue weighted by atomic mass is 127. The van der Waals surface area contributed by atoms with Gasteiger partial charge in [0.1, 0.15) is 12.4 Å². The van der Waals surface area contributed by atoms with Crippen molar-refractivity contribution in [2.45, 2.75) is 6.61 Å². The summed E-state index contributed by atoms with van der Waals surface area (Å²) in [6.07, 6.45) is 4.02. The summed E-state index contributed by atoms with van der Waals surface area (Å²) in [6.45, 7) is -0.567. The van der Waals surface area contributed by atoms with E-state index < -0.39 is 40.2 Å². The minimum Gasteiger partial charge on any atom is -0.394 e. The number of pyridine rings is 1. The molecule has 0 fully saturated rings. The zero-order valence-electron chi connectivity index (χ0n) is 17.4. The molecule has 3 N–H and O–H groups in total. The molecule has 0 bridgehead atoms. The first-order valence-electron chi connectivity index (χ1n) is 9.72. The highest BCUT2D eigenvalue weighted by Gasteiger charge is 2.23. The van der Waals surface area contributed by atoms with Crippen molar-refractivity contribution in [1.82, 2.24) is 10.5 Å². The minimum absolute atomic E-state index is 0.0528. The van der Waals surface area contributed by atoms with Gasteiger partial charge in [0, 0.05) is 21.5 Å². The molecule has 0 aliphatic rings. The van der Waals surface area contributed by atoms with Gasteiger partial charge in [0.25, 0.3) is 5.91 Å². The number of hydrogen-bond donors (Lipinski definition) is 3. The third-order valence-electron chi connectivity index (χ3n) is 4.28. The van der Waals surface area contributed by atoms with Gasteiger partial charge in [-0.3, -0.25) is 14.6 Å². The maximum Gasteiger partial charge on any atom is 0.277 e. The van der Waals surface area contributed by atoms with Crippen molar-refractivity contribution in [2.24, 2.45) is 5.16 Å². The summed E-state index contributed by atoms with van der Waals surface area (Å²) in [6, 6.07) is 8.43. The predicted molar refractivity (Wildman–Crippen MR) is 126 cm³/mol. The Bertz CT molecular complexity index is 1180. The first-order valence-corrected chi connectivity index (χ1v) is 10.8. The van der Waals surface area contributed by atoms with Crippen LogP contribution >= 0.6 is 22.6 Å². The number of amides is 1. The average molecular weight is 586 g/mol. The number of aromatic nitrogens is 1. The highest BCUT2D eigenvalue weighted by molar-refractivity contribution is 14.1. The van der Waals surface area contributed by atoms with Gasteiger partial charge >= 0.3 is 0 Å². The fourth-order valence-corrected chi connectivity index (χ4v) is 3.12. The summed E-state index contributed by atoms with van der Waals surface area (Å²) in [5.74, 6) is -4.47. The number of carbonyl (C=O) groups excluding carboxylic acids is 1. The van der Waals surface area contributed by atoms with Crippen LogP contribution in [0.15, 0.2) is 53.9 Å². The lowest BCUT2D eigenvalue weighted by atomic mass is 10.1. The van der Waals surface area contributed by atoms with Gasteiger partial charge < -0.3 is 15.3 Å². The lowest BCUT2D eigenvalue weighted by Crippen LogP contribution is -2.26. The highest BCUT2D eigenvalue weighted by Crippen LogP contribution is 2.30. The Hall–Kier alpha value is -3.23. The van der Waals surface area contributed by atoms with Crippen molar-refractivity contribution in [3.05, 3.63) is 86.5 Å². The summed E-state index contributed by atoms with van der Waals surface area (Å²) >= 11 is 1.89. The van der Waals surface area contributed by atoms with E-state index in [-0.39, 0.29) is 25.5 Å². The Morgan fingerprint density at radius 2 is 1.91 bits per heavy atom. The molecule has 34 heavy (non-hydrogen) atoms. The van der Waals surface area contributed by atoms with E-state index in [9.17, 15) is 13.6 Å². The molecular formula is C22H18F3IN4O4. The van der Waals surface area contributed by atoms with Gasteiger partial charge in [0.2, 0.25) is 0 Å². The van der Waals surface area contributed by atoms with Crippen LogP contribution in [0.25, 0.3) is 0 Å². The van der Waals surface area contributed by atoms with Gasteiger partial charge in [0.05, 0.1) is 36.4 Å². The quantitative estimate of drug-likeness (QED) is 0.143. The maximum absolute atomic E-state index is 15.0. The third kappa shape index (κ3) is 6.65. The smallest absolute Gasteiger partial charge is 0.277 e. The van der Waals surface area contributed by atoms with E-state index in [2.05, 4.69) is 15.5 Å². The molecular weight excluding hydrogens is 568 g/mol. The standard InChI is InChI=1S/C22H18F3IN4O4/c23-17-10-15(26)1-2-18(17)29-21-16(22(32)30-33-8-7-31)9-14(19(24)20(21)25)11-28-34-12-13-3-5-27-6-4-13/h1-6,9-11,29,31H,7-8,12H2,(H,30,32)/b28-11+. The van der Waals surface area contributed by atoms with E-state index in [0.717, 1.165) is 17.8 Å². The molecule has 0 spiro atoms. The number of oxime groups is 1. The summed E-state index contributed by atoms with van der Waals surface area (Å²) in [7, 11) is 0. The van der Waals surface area contributed by atoms with E-state index in [1.165, 1.54) is 12.1 Å². The van der Waals surface area contributed by atoms with Crippen LogP contribution in [0.2, 0.25) is 0 Å². The molecule has 0 radical (unpaired) electrons. The van der Waals surface area contributed by atoms with Crippen molar-refractivity contribution < 1.29 is 32.7 Å². The zero-order valence-corrected chi connectivity index (χ0v) is 19.6. The number of hydrogen-bond acceptors (Lipinski definition) is 7. The first kappa shape index (κ1) is 25.4. The number of rotatable bonds is 10. The van der Waals surface area contributed by atoms with Gasteiger partial charge in [-0.25, -0.2) is 18.7 Å². The lowest BCUT2D eigenvalue weighted by Gasteiger charge is -2.15. The molecule has 12 heteroatoms. The van der Waals surface area contributed by atoms with E-state index in [1.807, 2.05) is 28.1 Å². The molecule has 1 aromatic heterocycles. The average Bonchev–Trinajstić information content (AvgIpc) is 2.83. The number of hydroxylamine groups is 1. The van der Waals surface area contributed by atoms with Gasteiger partial charge in [-0.1, -0.05) is 5.16 Å². The van der Waals surface area contributed by atoms with Crippen LogP contribution in [-0.4, -0.2) is 35.4 Å². The molecule has 2 aromatic carbocycles. The van der Waals surface area contributed by atoms with Crippen LogP contribution in [0, 0.1) is 21.0 Å². The van der Waals surface area contributed by atoms with E-state index in [4.69, 9.17) is 14.8 Å². The van der Waals surface area contributed by atoms with E-state index in [0.29, 0.717) is 3.57 Å². The van der Waals surface area contributed by atoms with E-state index >= 15 is 4.39 Å². The molecule has 3 aromatic rings. The van der Waals surface area contributed by atoms with E-state index in [1.54, 1.807) is 30.6 Å². The maximum atomic E-state index is 15.0. The van der Waals surface area contributed by atoms with Crippen LogP contribution < -0.4 is 10.8 Å². The number of aliphatic hydroxyl groups excluding tert-OH is 1. The summed E-state index contributed by atoms with van der Waals surface area (Å²) in [5.41, 5.74) is 1.18. The second kappa shape index (κ2) is 12.3. The fraction of sp³-hybridized carbons (Fsp3) is 0.136. The molecule has 0 atom stereocenters. The van der Waals surface area contributed by atoms with Gasteiger partial charge in [-0.2, -0.15) is 0 Å². The number of halogens is 4. The minimum atomic E-state index is -1.44. The molecule has 0 unspecified atom stereocenters. The Morgan fingerprint density at radius 1 is 1.15 bits per heavy atom. The largest absolute Gasteiger partial charge is 0.394 e. The number of anilines is 2. The van der Waals surface area contributed by atoms with Gasteiger partial charge in [-0.15, -0.1) is 0 Å². The molecule has 0 aliphatic carbocycles. The Balaban J connectivity index is 1.91. The zero-order chi connectivity index (χ0) is 24.5. The van der Waals surface area contributed by atoms with Crippen LogP contribution in [0.3, 0.4) is 0 Å². The molecule has 1 amide bonds. The lowest BCUT2D eigenvalue weighted by molar-refractivity contribution is 0.0168. The molecule has 3 rings (SSSR count). The van der Waals surface area contributed by atoms with Crippen molar-refractivity contribution in [1.29, 1.82) is 0 Å². The fourth-order valence-electron chi connectivity index (χ4n) is 2.67. The Labute approximate surface area is 205 Å². The number of carbonyl (C=O) groups is 1. The third-order valence-corrected chi connectivity index (χ3v) is 4.95. The number of benzene rings is 2. The van der Waals surface area contributed by atoms with Gasteiger partial charge in [0.15, 0.2) is 11.6 Å². The molecule has 1 heterocycles. The number of nitrogens with zero attached hydrogens (tertiary/aromatic N) is 2. The SMILES string of the molecule is O=C(NOCCO)c1cc(/C=N/OCc2ccncc2)c(F)c(F)c1Nc1ccc(I)cc1F. The van der Waals surface area contributed by atoms with Crippen molar-refractivity contribution in [3.63, 3.8) is 0 Å². The molecule has 0 saturated carbocycles. The van der Waals surface area contributed by atoms with Gasteiger partial charge in [-0.05, 0) is 64.6 Å². The summed E-state index contributed by atoms with van der Waals surface area (Å²) < 4.78 is 44.7. The normalized spacial score (nSPS) is 11.0. The molecule has 0 saturated heterocycles. The molecule has 178 valence electrons. The second-order valence-corrected chi connectivity index (χ2v) is 7.88. The Kier molecular flexibility index (Phi) is 9.18. The topological polar surface area (TPSA) is 105 Å². The molecule has 8 nitrogen and oxygen atoms in total. The monoisotopic (exact) mass is 586 g/mol. The van der Waals surface area contributed by atoms with Crippen molar-refractivity contribution in [3.8, 4) is 0 Å². The number of aliphatic hydroxyl groups is 1. The number of nitrogens with one attached hydrogen (secondary N) is 2. The second-order valence-electron chi connectivity index (χ2n) is 6.63. The van der Waals surface area contributed by atoms with Crippen molar-refractivity contribution >= 4 is 46.1 Å². The first-order chi connectivity index (χ1) is 16.4. The predicted octanol–water partition coefficient (Wildman–Crippen LogP) is 4.05.